The van der Waals surface area contributed by atoms with Crippen LogP contribution in [-0.4, -0.2) is 16.0 Å². The van der Waals surface area contributed by atoms with E-state index >= 15 is 0 Å². The Morgan fingerprint density at radius 2 is 2.46 bits per heavy atom. The molecule has 0 aliphatic carbocycles. The van der Waals surface area contributed by atoms with Gasteiger partial charge in [0.05, 0.1) is 6.61 Å². The summed E-state index contributed by atoms with van der Waals surface area (Å²) < 4.78 is 8.36. The summed E-state index contributed by atoms with van der Waals surface area (Å²) in [6.45, 7) is 2.61. The van der Waals surface area contributed by atoms with Gasteiger partial charge in [-0.15, -0.1) is 0 Å². The van der Waals surface area contributed by atoms with Crippen LogP contribution in [0.1, 0.15) is 6.92 Å². The van der Waals surface area contributed by atoms with E-state index in [2.05, 4.69) is 20.9 Å². The maximum atomic E-state index is 5.44. The van der Waals surface area contributed by atoms with E-state index in [-0.39, 0.29) is 0 Å². The fourth-order valence-corrected chi connectivity index (χ4v) is 1.66. The lowest BCUT2D eigenvalue weighted by Gasteiger charge is -2.05. The molecular weight excluding hydrogens is 232 g/mol. The van der Waals surface area contributed by atoms with Crippen molar-refractivity contribution < 1.29 is 4.74 Å². The Balaban J connectivity index is 2.63. The third-order valence-corrected chi connectivity index (χ3v) is 2.15. The quantitative estimate of drug-likeness (QED) is 0.807. The number of halogens is 1. The number of rotatable bonds is 2. The lowest BCUT2D eigenvalue weighted by atomic mass is 10.4. The van der Waals surface area contributed by atoms with Gasteiger partial charge in [-0.1, -0.05) is 0 Å². The van der Waals surface area contributed by atoms with E-state index < -0.39 is 0 Å². The predicted molar refractivity (Wildman–Crippen MR) is 54.1 cm³/mol. The SMILES string of the molecule is CCOc1cc(Br)cn2ccnc12. The molecule has 2 rings (SSSR count). The molecule has 0 unspecified atom stereocenters. The first-order valence-electron chi connectivity index (χ1n) is 4.06. The summed E-state index contributed by atoms with van der Waals surface area (Å²) in [5.74, 6) is 0.807. The van der Waals surface area contributed by atoms with E-state index in [4.69, 9.17) is 4.74 Å². The Bertz CT molecular complexity index is 424. The number of fused-ring (bicyclic) bond motifs is 1. The molecule has 0 aliphatic heterocycles. The summed E-state index contributed by atoms with van der Waals surface area (Å²) in [4.78, 5) is 4.20. The molecule has 0 N–H and O–H groups in total. The Morgan fingerprint density at radius 1 is 1.62 bits per heavy atom. The Kier molecular flexibility index (Phi) is 2.22. The van der Waals surface area contributed by atoms with Crippen LogP contribution in [0.3, 0.4) is 0 Å². The van der Waals surface area contributed by atoms with E-state index in [1.807, 2.05) is 29.8 Å². The molecule has 0 saturated heterocycles. The molecule has 0 bridgehead atoms. The van der Waals surface area contributed by atoms with Crippen molar-refractivity contribution in [3.05, 3.63) is 29.1 Å². The van der Waals surface area contributed by atoms with Gasteiger partial charge in [-0.05, 0) is 28.9 Å². The van der Waals surface area contributed by atoms with Gasteiger partial charge in [0.15, 0.2) is 11.4 Å². The van der Waals surface area contributed by atoms with Gasteiger partial charge in [0.25, 0.3) is 0 Å². The molecule has 2 aromatic heterocycles. The van der Waals surface area contributed by atoms with Crippen molar-refractivity contribution in [1.29, 1.82) is 0 Å². The zero-order valence-electron chi connectivity index (χ0n) is 7.20. The summed E-state index contributed by atoms with van der Waals surface area (Å²) >= 11 is 3.41. The summed E-state index contributed by atoms with van der Waals surface area (Å²) in [6.07, 6.45) is 5.60. The summed E-state index contributed by atoms with van der Waals surface area (Å²) in [7, 11) is 0. The molecule has 0 spiro atoms. The minimum absolute atomic E-state index is 0.652. The minimum Gasteiger partial charge on any atom is -0.490 e. The topological polar surface area (TPSA) is 26.5 Å². The zero-order valence-corrected chi connectivity index (χ0v) is 8.78. The molecule has 0 fully saturated rings. The Hall–Kier alpha value is -1.03. The van der Waals surface area contributed by atoms with Crippen LogP contribution in [0, 0.1) is 0 Å². The highest BCUT2D eigenvalue weighted by molar-refractivity contribution is 9.10. The molecule has 0 aliphatic rings. The smallest absolute Gasteiger partial charge is 0.179 e. The lowest BCUT2D eigenvalue weighted by molar-refractivity contribution is 0.342. The van der Waals surface area contributed by atoms with Crippen molar-refractivity contribution in [3.8, 4) is 5.75 Å². The Morgan fingerprint density at radius 3 is 3.23 bits per heavy atom. The molecular formula is C9H9BrN2O. The van der Waals surface area contributed by atoms with Crippen molar-refractivity contribution in [2.24, 2.45) is 0 Å². The molecule has 2 aromatic rings. The predicted octanol–water partition coefficient (Wildman–Crippen LogP) is 2.50. The minimum atomic E-state index is 0.652. The Labute approximate surface area is 84.5 Å². The van der Waals surface area contributed by atoms with Crippen molar-refractivity contribution in [3.63, 3.8) is 0 Å². The zero-order chi connectivity index (χ0) is 9.26. The highest BCUT2D eigenvalue weighted by Gasteiger charge is 2.04. The number of ether oxygens (including phenoxy) is 1. The van der Waals surface area contributed by atoms with Gasteiger partial charge in [0, 0.05) is 23.1 Å². The van der Waals surface area contributed by atoms with Crippen molar-refractivity contribution in [2.45, 2.75) is 6.92 Å². The van der Waals surface area contributed by atoms with Crippen LogP contribution in [0.4, 0.5) is 0 Å². The van der Waals surface area contributed by atoms with Gasteiger partial charge >= 0.3 is 0 Å². The molecule has 0 aromatic carbocycles. The molecule has 0 radical (unpaired) electrons. The van der Waals surface area contributed by atoms with Crippen LogP contribution in [-0.2, 0) is 0 Å². The summed E-state index contributed by atoms with van der Waals surface area (Å²) in [5.41, 5.74) is 0.852. The largest absolute Gasteiger partial charge is 0.490 e. The van der Waals surface area contributed by atoms with Gasteiger partial charge < -0.3 is 9.14 Å². The van der Waals surface area contributed by atoms with Crippen LogP contribution in [0.25, 0.3) is 5.65 Å². The number of hydrogen-bond donors (Lipinski definition) is 0. The maximum absolute atomic E-state index is 5.44. The number of nitrogens with zero attached hydrogens (tertiary/aromatic N) is 2. The second kappa shape index (κ2) is 3.38. The average Bonchev–Trinajstić information content (AvgIpc) is 2.52. The first kappa shape index (κ1) is 8.56. The van der Waals surface area contributed by atoms with Crippen LogP contribution in [0.15, 0.2) is 29.1 Å². The van der Waals surface area contributed by atoms with Crippen LogP contribution < -0.4 is 4.74 Å². The van der Waals surface area contributed by atoms with E-state index in [1.54, 1.807) is 6.20 Å². The first-order valence-corrected chi connectivity index (χ1v) is 4.85. The fraction of sp³-hybridized carbons (Fsp3) is 0.222. The average molecular weight is 241 g/mol. The normalized spacial score (nSPS) is 10.6. The van der Waals surface area contributed by atoms with E-state index in [9.17, 15) is 0 Å². The second-order valence-electron chi connectivity index (χ2n) is 2.61. The van der Waals surface area contributed by atoms with Gasteiger partial charge in [-0.2, -0.15) is 0 Å². The molecule has 3 nitrogen and oxygen atoms in total. The standard InChI is InChI=1S/C9H9BrN2O/c1-2-13-8-5-7(10)6-12-4-3-11-9(8)12/h3-6H,2H2,1H3. The van der Waals surface area contributed by atoms with Gasteiger partial charge in [0.2, 0.25) is 0 Å². The number of imidazole rings is 1. The summed E-state index contributed by atoms with van der Waals surface area (Å²) in [6, 6.07) is 1.92. The summed E-state index contributed by atoms with van der Waals surface area (Å²) in [5, 5.41) is 0. The van der Waals surface area contributed by atoms with E-state index in [0.29, 0.717) is 6.61 Å². The lowest BCUT2D eigenvalue weighted by Crippen LogP contribution is -1.95. The van der Waals surface area contributed by atoms with Gasteiger partial charge in [-0.3, -0.25) is 0 Å². The molecule has 0 atom stereocenters. The molecule has 0 amide bonds. The van der Waals surface area contributed by atoms with Gasteiger partial charge in [-0.25, -0.2) is 4.98 Å². The molecule has 68 valence electrons. The monoisotopic (exact) mass is 240 g/mol. The number of hydrogen-bond acceptors (Lipinski definition) is 2. The number of pyridine rings is 1. The van der Waals surface area contributed by atoms with Gasteiger partial charge in [0.1, 0.15) is 0 Å². The molecule has 4 heteroatoms. The van der Waals surface area contributed by atoms with Crippen molar-refractivity contribution in [2.75, 3.05) is 6.61 Å². The highest BCUT2D eigenvalue weighted by atomic mass is 79.9. The van der Waals surface area contributed by atoms with E-state index in [0.717, 1.165) is 15.9 Å². The molecule has 13 heavy (non-hydrogen) atoms. The van der Waals surface area contributed by atoms with Crippen LogP contribution in [0.5, 0.6) is 5.75 Å². The third-order valence-electron chi connectivity index (χ3n) is 1.72. The third kappa shape index (κ3) is 1.54. The van der Waals surface area contributed by atoms with Crippen molar-refractivity contribution in [1.82, 2.24) is 9.38 Å². The maximum Gasteiger partial charge on any atom is 0.179 e. The number of aromatic nitrogens is 2. The van der Waals surface area contributed by atoms with Crippen molar-refractivity contribution >= 4 is 21.6 Å². The first-order chi connectivity index (χ1) is 6.31. The van der Waals surface area contributed by atoms with E-state index in [1.165, 1.54) is 0 Å². The van der Waals surface area contributed by atoms with Crippen LogP contribution >= 0.6 is 15.9 Å². The highest BCUT2D eigenvalue weighted by Crippen LogP contribution is 2.23. The van der Waals surface area contributed by atoms with Crippen LogP contribution in [0.2, 0.25) is 0 Å². The molecule has 2 heterocycles. The second-order valence-corrected chi connectivity index (χ2v) is 3.53. The fourth-order valence-electron chi connectivity index (χ4n) is 1.23. The molecule has 0 saturated carbocycles.